The maximum atomic E-state index is 6.15. The van der Waals surface area contributed by atoms with Crippen LogP contribution in [0.5, 0.6) is 0 Å². The summed E-state index contributed by atoms with van der Waals surface area (Å²) in [5, 5.41) is 3.32. The molecule has 4 rings (SSSR count). The second-order valence-electron chi connectivity index (χ2n) is 7.42. The van der Waals surface area contributed by atoms with Gasteiger partial charge in [0.15, 0.2) is 5.96 Å². The zero-order valence-electron chi connectivity index (χ0n) is 16.3. The summed E-state index contributed by atoms with van der Waals surface area (Å²) >= 11 is 0. The Labute approximate surface area is 166 Å². The minimum absolute atomic E-state index is 0.510. The second kappa shape index (κ2) is 9.01. The fraction of sp³-hybridized carbons (Fsp3) is 0.476. The first kappa shape index (κ1) is 18.7. The van der Waals surface area contributed by atoms with E-state index in [0.717, 1.165) is 50.8 Å². The first-order valence-corrected chi connectivity index (χ1v) is 10.2. The highest BCUT2D eigenvalue weighted by molar-refractivity contribution is 5.93. The number of nitrogens with zero attached hydrogens (tertiary/aromatic N) is 5. The lowest BCUT2D eigenvalue weighted by atomic mass is 9.90. The highest BCUT2D eigenvalue weighted by Gasteiger charge is 2.18. The number of aliphatic imine (C=N–C) groups is 1. The lowest BCUT2D eigenvalue weighted by molar-refractivity contribution is 0.264. The number of benzene rings is 1. The van der Waals surface area contributed by atoms with E-state index in [2.05, 4.69) is 48.3 Å². The van der Waals surface area contributed by atoms with Crippen LogP contribution < -0.4 is 16.0 Å². The number of nitrogens with one attached hydrogen (secondary N) is 1. The van der Waals surface area contributed by atoms with Crippen LogP contribution >= 0.6 is 0 Å². The Bertz CT molecular complexity index is 798. The van der Waals surface area contributed by atoms with E-state index in [1.165, 1.54) is 30.4 Å². The molecule has 0 spiro atoms. The standard InChI is InChI=1S/C21H29N7/c22-20(26-19-8-3-6-17-5-1-2-7-18(17)19)23-11-12-27-13-15-28(16-14-27)21-24-9-4-10-25-21/h3-4,6,8-10H,1-2,5,7,11-16H2,(H3,22,23,26). The third kappa shape index (κ3) is 4.59. The summed E-state index contributed by atoms with van der Waals surface area (Å²) in [6.45, 7) is 5.49. The molecule has 2 heterocycles. The van der Waals surface area contributed by atoms with Crippen LogP contribution in [0.15, 0.2) is 41.7 Å². The van der Waals surface area contributed by atoms with E-state index in [9.17, 15) is 0 Å². The molecule has 2 aliphatic rings. The fourth-order valence-electron chi connectivity index (χ4n) is 4.01. The van der Waals surface area contributed by atoms with E-state index >= 15 is 0 Å². The van der Waals surface area contributed by atoms with E-state index in [1.807, 2.05) is 6.07 Å². The number of piperazine rings is 1. The second-order valence-corrected chi connectivity index (χ2v) is 7.42. The van der Waals surface area contributed by atoms with Gasteiger partial charge in [0.25, 0.3) is 0 Å². The van der Waals surface area contributed by atoms with Gasteiger partial charge in [-0.2, -0.15) is 0 Å². The summed E-state index contributed by atoms with van der Waals surface area (Å²) in [6, 6.07) is 8.29. The number of rotatable bonds is 5. The van der Waals surface area contributed by atoms with Crippen LogP contribution in [-0.2, 0) is 12.8 Å². The number of fused-ring (bicyclic) bond motifs is 1. The quantitative estimate of drug-likeness (QED) is 0.610. The fourth-order valence-corrected chi connectivity index (χ4v) is 4.01. The van der Waals surface area contributed by atoms with Gasteiger partial charge >= 0.3 is 0 Å². The summed E-state index contributed by atoms with van der Waals surface area (Å²) in [5.41, 5.74) is 10.1. The minimum atomic E-state index is 0.510. The molecule has 0 amide bonds. The summed E-state index contributed by atoms with van der Waals surface area (Å²) in [6.07, 6.45) is 8.42. The molecule has 1 aliphatic heterocycles. The first-order chi connectivity index (χ1) is 13.8. The molecule has 0 bridgehead atoms. The van der Waals surface area contributed by atoms with E-state index in [0.29, 0.717) is 12.5 Å². The van der Waals surface area contributed by atoms with Crippen LogP contribution in [0, 0.1) is 0 Å². The van der Waals surface area contributed by atoms with E-state index in [-0.39, 0.29) is 0 Å². The largest absolute Gasteiger partial charge is 0.370 e. The van der Waals surface area contributed by atoms with Gasteiger partial charge in [0.1, 0.15) is 0 Å². The number of aryl methyl sites for hydroxylation is 1. The summed E-state index contributed by atoms with van der Waals surface area (Å²) in [4.78, 5) is 17.9. The average molecular weight is 380 g/mol. The van der Waals surface area contributed by atoms with Gasteiger partial charge in [0, 0.05) is 50.8 Å². The van der Waals surface area contributed by atoms with Crippen LogP contribution in [-0.4, -0.2) is 60.1 Å². The van der Waals surface area contributed by atoms with Crippen LogP contribution in [0.4, 0.5) is 11.6 Å². The highest BCUT2D eigenvalue weighted by Crippen LogP contribution is 2.27. The smallest absolute Gasteiger partial charge is 0.225 e. The van der Waals surface area contributed by atoms with Crippen molar-refractivity contribution >= 4 is 17.6 Å². The molecule has 1 aromatic heterocycles. The molecule has 1 saturated heterocycles. The monoisotopic (exact) mass is 379 g/mol. The van der Waals surface area contributed by atoms with Gasteiger partial charge in [-0.1, -0.05) is 12.1 Å². The van der Waals surface area contributed by atoms with Gasteiger partial charge in [-0.15, -0.1) is 0 Å². The van der Waals surface area contributed by atoms with Crippen molar-refractivity contribution in [2.75, 3.05) is 49.5 Å². The Kier molecular flexibility index (Phi) is 6.01. The molecule has 0 radical (unpaired) electrons. The Morgan fingerprint density at radius 3 is 2.64 bits per heavy atom. The van der Waals surface area contributed by atoms with Crippen molar-refractivity contribution in [1.29, 1.82) is 0 Å². The van der Waals surface area contributed by atoms with E-state index in [4.69, 9.17) is 5.73 Å². The first-order valence-electron chi connectivity index (χ1n) is 10.2. The van der Waals surface area contributed by atoms with E-state index in [1.54, 1.807) is 12.4 Å². The van der Waals surface area contributed by atoms with Crippen molar-refractivity contribution in [3.63, 3.8) is 0 Å². The van der Waals surface area contributed by atoms with Crippen molar-refractivity contribution in [3.8, 4) is 0 Å². The Balaban J connectivity index is 1.24. The molecular weight excluding hydrogens is 350 g/mol. The molecular formula is C21H29N7. The van der Waals surface area contributed by atoms with Crippen LogP contribution in [0.3, 0.4) is 0 Å². The van der Waals surface area contributed by atoms with Gasteiger partial charge in [-0.25, -0.2) is 9.97 Å². The Morgan fingerprint density at radius 2 is 1.82 bits per heavy atom. The maximum Gasteiger partial charge on any atom is 0.225 e. The van der Waals surface area contributed by atoms with Gasteiger partial charge < -0.3 is 16.0 Å². The molecule has 0 unspecified atom stereocenters. The van der Waals surface area contributed by atoms with E-state index < -0.39 is 0 Å². The predicted octanol–water partition coefficient (Wildman–Crippen LogP) is 1.90. The molecule has 7 nitrogen and oxygen atoms in total. The van der Waals surface area contributed by atoms with Gasteiger partial charge in [0.05, 0.1) is 6.54 Å². The molecule has 0 saturated carbocycles. The van der Waals surface area contributed by atoms with Crippen LogP contribution in [0.2, 0.25) is 0 Å². The summed E-state index contributed by atoms with van der Waals surface area (Å²) in [7, 11) is 0. The SMILES string of the molecule is NC(=NCCN1CCN(c2ncccn2)CC1)Nc1cccc2c1CCCC2. The van der Waals surface area contributed by atoms with Crippen molar-refractivity contribution < 1.29 is 0 Å². The van der Waals surface area contributed by atoms with Gasteiger partial charge in [0.2, 0.25) is 5.95 Å². The number of nitrogens with two attached hydrogens (primary N) is 1. The molecule has 148 valence electrons. The van der Waals surface area contributed by atoms with Crippen molar-refractivity contribution in [2.45, 2.75) is 25.7 Å². The number of hydrogen-bond acceptors (Lipinski definition) is 5. The average Bonchev–Trinajstić information content (AvgIpc) is 2.75. The topological polar surface area (TPSA) is 82.7 Å². The Hall–Kier alpha value is -2.67. The summed E-state index contributed by atoms with van der Waals surface area (Å²) < 4.78 is 0. The molecule has 28 heavy (non-hydrogen) atoms. The lowest BCUT2D eigenvalue weighted by Gasteiger charge is -2.34. The van der Waals surface area contributed by atoms with Crippen LogP contribution in [0.25, 0.3) is 0 Å². The molecule has 2 aromatic rings. The zero-order chi connectivity index (χ0) is 19.2. The maximum absolute atomic E-state index is 6.15. The molecule has 0 atom stereocenters. The summed E-state index contributed by atoms with van der Waals surface area (Å²) in [5.74, 6) is 1.33. The third-order valence-electron chi connectivity index (χ3n) is 5.56. The number of hydrogen-bond donors (Lipinski definition) is 2. The van der Waals surface area contributed by atoms with Crippen molar-refractivity contribution in [3.05, 3.63) is 47.8 Å². The van der Waals surface area contributed by atoms with Gasteiger partial charge in [-0.3, -0.25) is 9.89 Å². The van der Waals surface area contributed by atoms with Crippen molar-refractivity contribution in [2.24, 2.45) is 10.7 Å². The predicted molar refractivity (Wildman–Crippen MR) is 114 cm³/mol. The molecule has 7 heteroatoms. The Morgan fingerprint density at radius 1 is 1.04 bits per heavy atom. The molecule has 3 N–H and O–H groups in total. The molecule has 1 fully saturated rings. The van der Waals surface area contributed by atoms with Crippen molar-refractivity contribution in [1.82, 2.24) is 14.9 Å². The third-order valence-corrected chi connectivity index (χ3v) is 5.56. The zero-order valence-corrected chi connectivity index (χ0v) is 16.3. The number of aromatic nitrogens is 2. The lowest BCUT2D eigenvalue weighted by Crippen LogP contribution is -2.47. The minimum Gasteiger partial charge on any atom is -0.370 e. The van der Waals surface area contributed by atoms with Crippen LogP contribution in [0.1, 0.15) is 24.0 Å². The molecule has 1 aromatic carbocycles. The number of guanidine groups is 1. The highest BCUT2D eigenvalue weighted by atomic mass is 15.3. The normalized spacial score (nSPS) is 18.0. The molecule has 1 aliphatic carbocycles. The number of anilines is 2. The van der Waals surface area contributed by atoms with Gasteiger partial charge in [-0.05, 0) is 48.9 Å².